The molecule has 4 nitrogen and oxygen atoms in total. The van der Waals surface area contributed by atoms with Crippen LogP contribution >= 0.6 is 0 Å². The van der Waals surface area contributed by atoms with Crippen LogP contribution in [0.1, 0.15) is 31.7 Å². The van der Waals surface area contributed by atoms with Gasteiger partial charge in [0.1, 0.15) is 0 Å². The number of rotatable bonds is 5. The number of aryl methyl sites for hydroxylation is 1. The Kier molecular flexibility index (Phi) is 4.47. The molecule has 0 unspecified atom stereocenters. The Morgan fingerprint density at radius 2 is 2.00 bits per heavy atom. The fraction of sp³-hybridized carbons (Fsp3) is 0.571. The molecule has 106 valence electrons. The highest BCUT2D eigenvalue weighted by atomic mass is 32.2. The summed E-state index contributed by atoms with van der Waals surface area (Å²) in [4.78, 5) is 0. The lowest BCUT2D eigenvalue weighted by molar-refractivity contribution is 0.588. The van der Waals surface area contributed by atoms with Crippen LogP contribution < -0.4 is 10.0 Å². The number of benzene rings is 1. The van der Waals surface area contributed by atoms with Gasteiger partial charge in [-0.25, -0.2) is 8.42 Å². The van der Waals surface area contributed by atoms with Crippen molar-refractivity contribution >= 4 is 15.7 Å². The zero-order valence-corrected chi connectivity index (χ0v) is 12.2. The van der Waals surface area contributed by atoms with Gasteiger partial charge in [0.05, 0.1) is 10.9 Å². The third-order valence-electron chi connectivity index (χ3n) is 3.69. The summed E-state index contributed by atoms with van der Waals surface area (Å²) in [5.74, 6) is 0. The fourth-order valence-electron chi connectivity index (χ4n) is 2.44. The van der Waals surface area contributed by atoms with E-state index in [1.165, 1.54) is 16.3 Å². The summed E-state index contributed by atoms with van der Waals surface area (Å²) < 4.78 is 25.9. The van der Waals surface area contributed by atoms with Crippen LogP contribution in [0.5, 0.6) is 0 Å². The van der Waals surface area contributed by atoms with Gasteiger partial charge in [0, 0.05) is 13.1 Å². The zero-order valence-electron chi connectivity index (χ0n) is 11.4. The maximum absolute atomic E-state index is 12.2. The smallest absolute Gasteiger partial charge is 0.239 e. The largest absolute Gasteiger partial charge is 0.329 e. The third kappa shape index (κ3) is 2.92. The van der Waals surface area contributed by atoms with Gasteiger partial charge in [-0.2, -0.15) is 0 Å². The summed E-state index contributed by atoms with van der Waals surface area (Å²) in [7, 11) is -3.25. The summed E-state index contributed by atoms with van der Waals surface area (Å²) >= 11 is 0. The van der Waals surface area contributed by atoms with E-state index in [1.807, 2.05) is 24.3 Å². The molecule has 2 rings (SSSR count). The topological polar surface area (TPSA) is 63.4 Å². The molecule has 1 aromatic carbocycles. The number of anilines is 1. The van der Waals surface area contributed by atoms with Gasteiger partial charge in [-0.1, -0.05) is 25.5 Å². The molecule has 19 heavy (non-hydrogen) atoms. The maximum atomic E-state index is 12.2. The molecule has 1 saturated heterocycles. The molecule has 1 aliphatic heterocycles. The van der Waals surface area contributed by atoms with E-state index in [0.29, 0.717) is 13.0 Å². The van der Waals surface area contributed by atoms with Crippen molar-refractivity contribution < 1.29 is 8.42 Å². The van der Waals surface area contributed by atoms with E-state index < -0.39 is 15.3 Å². The Morgan fingerprint density at radius 1 is 1.32 bits per heavy atom. The van der Waals surface area contributed by atoms with Gasteiger partial charge < -0.3 is 5.73 Å². The summed E-state index contributed by atoms with van der Waals surface area (Å²) in [6.45, 7) is 2.91. The van der Waals surface area contributed by atoms with Crippen molar-refractivity contribution in [1.29, 1.82) is 0 Å². The Morgan fingerprint density at radius 3 is 2.53 bits per heavy atom. The van der Waals surface area contributed by atoms with Crippen LogP contribution in [-0.4, -0.2) is 26.8 Å². The molecule has 0 saturated carbocycles. The van der Waals surface area contributed by atoms with Crippen molar-refractivity contribution in [2.45, 2.75) is 37.9 Å². The van der Waals surface area contributed by atoms with Crippen molar-refractivity contribution in [1.82, 2.24) is 0 Å². The fourth-order valence-corrected chi connectivity index (χ4v) is 4.22. The minimum absolute atomic E-state index is 0.202. The highest BCUT2D eigenvalue weighted by molar-refractivity contribution is 7.93. The lowest BCUT2D eigenvalue weighted by Gasteiger charge is -2.18. The van der Waals surface area contributed by atoms with Crippen LogP contribution in [-0.2, 0) is 16.4 Å². The summed E-state index contributed by atoms with van der Waals surface area (Å²) in [5.41, 5.74) is 7.54. The van der Waals surface area contributed by atoms with E-state index in [9.17, 15) is 8.42 Å². The second-order valence-corrected chi connectivity index (χ2v) is 7.17. The molecule has 1 atom stereocenters. The van der Waals surface area contributed by atoms with Crippen molar-refractivity contribution in [3.63, 3.8) is 0 Å². The van der Waals surface area contributed by atoms with Gasteiger partial charge in [-0.15, -0.1) is 0 Å². The zero-order chi connectivity index (χ0) is 13.9. The standard InChI is InChI=1S/C14H22N2O2S/c1-2-3-4-12-5-7-13(8-6-12)16-10-9-14(11-15)19(16,17)18/h5-8,14H,2-4,9-11,15H2,1H3/t14-/m0/s1. The molecule has 0 aliphatic carbocycles. The van der Waals surface area contributed by atoms with Gasteiger partial charge in [0.25, 0.3) is 0 Å². The summed E-state index contributed by atoms with van der Waals surface area (Å²) in [6, 6.07) is 7.86. The van der Waals surface area contributed by atoms with Crippen LogP contribution in [0.2, 0.25) is 0 Å². The van der Waals surface area contributed by atoms with Crippen molar-refractivity contribution in [3.05, 3.63) is 29.8 Å². The van der Waals surface area contributed by atoms with Crippen LogP contribution in [0, 0.1) is 0 Å². The number of unbranched alkanes of at least 4 members (excludes halogenated alkanes) is 1. The molecule has 1 fully saturated rings. The highest BCUT2D eigenvalue weighted by Crippen LogP contribution is 2.28. The molecular formula is C14H22N2O2S. The van der Waals surface area contributed by atoms with Crippen LogP contribution in [0.25, 0.3) is 0 Å². The monoisotopic (exact) mass is 282 g/mol. The normalized spacial score (nSPS) is 21.8. The predicted molar refractivity (Wildman–Crippen MR) is 78.8 cm³/mol. The molecular weight excluding hydrogens is 260 g/mol. The molecule has 2 N–H and O–H groups in total. The minimum Gasteiger partial charge on any atom is -0.329 e. The lowest BCUT2D eigenvalue weighted by Crippen LogP contribution is -2.33. The molecule has 5 heteroatoms. The molecule has 1 aliphatic rings. The van der Waals surface area contributed by atoms with Gasteiger partial charge in [-0.3, -0.25) is 4.31 Å². The summed E-state index contributed by atoms with van der Waals surface area (Å²) in [5, 5.41) is -0.424. The lowest BCUT2D eigenvalue weighted by atomic mass is 10.1. The van der Waals surface area contributed by atoms with E-state index in [2.05, 4.69) is 6.92 Å². The first-order valence-electron chi connectivity index (χ1n) is 6.90. The molecule has 0 aromatic heterocycles. The Balaban J connectivity index is 2.15. The molecule has 0 radical (unpaired) electrons. The summed E-state index contributed by atoms with van der Waals surface area (Å²) in [6.07, 6.45) is 4.00. The first-order chi connectivity index (χ1) is 9.09. The second-order valence-electron chi connectivity index (χ2n) is 5.03. The second kappa shape index (κ2) is 5.92. The minimum atomic E-state index is -3.25. The van der Waals surface area contributed by atoms with Crippen molar-refractivity contribution in [3.8, 4) is 0 Å². The number of nitrogens with two attached hydrogens (primary N) is 1. The van der Waals surface area contributed by atoms with E-state index in [4.69, 9.17) is 5.73 Å². The van der Waals surface area contributed by atoms with Crippen LogP contribution in [0.4, 0.5) is 5.69 Å². The van der Waals surface area contributed by atoms with Gasteiger partial charge >= 0.3 is 0 Å². The molecule has 1 heterocycles. The van der Waals surface area contributed by atoms with E-state index in [0.717, 1.165) is 18.5 Å². The average molecular weight is 282 g/mol. The first kappa shape index (κ1) is 14.3. The number of hydrogen-bond acceptors (Lipinski definition) is 3. The quantitative estimate of drug-likeness (QED) is 0.897. The number of hydrogen-bond donors (Lipinski definition) is 1. The Labute approximate surface area is 115 Å². The van der Waals surface area contributed by atoms with Gasteiger partial charge in [-0.05, 0) is 37.0 Å². The number of nitrogens with zero attached hydrogens (tertiary/aromatic N) is 1. The molecule has 0 spiro atoms. The van der Waals surface area contributed by atoms with Gasteiger partial charge in [0.15, 0.2) is 0 Å². The highest BCUT2D eigenvalue weighted by Gasteiger charge is 2.37. The Hall–Kier alpha value is -1.07. The molecule has 0 amide bonds. The number of sulfonamides is 1. The Bertz CT molecular complexity index is 511. The SMILES string of the molecule is CCCCc1ccc(N2CC[C@@H](CN)S2(=O)=O)cc1. The van der Waals surface area contributed by atoms with E-state index in [1.54, 1.807) is 0 Å². The van der Waals surface area contributed by atoms with Crippen molar-refractivity contribution in [2.24, 2.45) is 5.73 Å². The molecule has 1 aromatic rings. The van der Waals surface area contributed by atoms with Crippen molar-refractivity contribution in [2.75, 3.05) is 17.4 Å². The van der Waals surface area contributed by atoms with E-state index >= 15 is 0 Å². The van der Waals surface area contributed by atoms with Gasteiger partial charge in [0.2, 0.25) is 10.0 Å². The third-order valence-corrected chi connectivity index (χ3v) is 5.97. The first-order valence-corrected chi connectivity index (χ1v) is 8.40. The van der Waals surface area contributed by atoms with E-state index in [-0.39, 0.29) is 6.54 Å². The predicted octanol–water partition coefficient (Wildman–Crippen LogP) is 1.90. The van der Waals surface area contributed by atoms with Crippen LogP contribution in [0.3, 0.4) is 0 Å². The average Bonchev–Trinajstić information content (AvgIpc) is 2.71. The van der Waals surface area contributed by atoms with Crippen LogP contribution in [0.15, 0.2) is 24.3 Å². The maximum Gasteiger partial charge on any atom is 0.239 e. The molecule has 0 bridgehead atoms.